The molecule has 0 saturated heterocycles. The van der Waals surface area contributed by atoms with Crippen molar-refractivity contribution in [1.29, 1.82) is 0 Å². The fourth-order valence-corrected chi connectivity index (χ4v) is 3.86. The van der Waals surface area contributed by atoms with Crippen LogP contribution < -0.4 is 0 Å². The first-order valence-corrected chi connectivity index (χ1v) is 12.2. The number of nitrogens with zero attached hydrogens (tertiary/aromatic N) is 2. The molecule has 0 unspecified atom stereocenters. The summed E-state index contributed by atoms with van der Waals surface area (Å²) in [5, 5.41) is 19.7. The summed E-state index contributed by atoms with van der Waals surface area (Å²) in [5.74, 6) is 0.619. The van der Waals surface area contributed by atoms with Crippen molar-refractivity contribution in [3.05, 3.63) is 59.7 Å². The molecule has 0 bridgehead atoms. The zero-order chi connectivity index (χ0) is 23.0. The average molecular weight is 437 g/mol. The van der Waals surface area contributed by atoms with Gasteiger partial charge in [0.2, 0.25) is 0 Å². The number of benzene rings is 2. The van der Waals surface area contributed by atoms with E-state index >= 15 is 0 Å². The van der Waals surface area contributed by atoms with E-state index in [0.717, 1.165) is 48.5 Å². The Morgan fingerprint density at radius 3 is 1.19 bits per heavy atom. The van der Waals surface area contributed by atoms with Crippen molar-refractivity contribution in [3.8, 4) is 11.5 Å². The maximum Gasteiger partial charge on any atom is 0.124 e. The Morgan fingerprint density at radius 1 is 0.531 bits per heavy atom. The third kappa shape index (κ3) is 9.67. The van der Waals surface area contributed by atoms with E-state index in [1.54, 1.807) is 12.1 Å². The van der Waals surface area contributed by atoms with Gasteiger partial charge in [-0.3, -0.25) is 9.98 Å². The second-order valence-electron chi connectivity index (χ2n) is 8.50. The van der Waals surface area contributed by atoms with E-state index in [4.69, 9.17) is 0 Å². The average Bonchev–Trinajstić information content (AvgIpc) is 2.79. The fraction of sp³-hybridized carbons (Fsp3) is 0.500. The second-order valence-corrected chi connectivity index (χ2v) is 8.50. The molecule has 0 saturated carbocycles. The van der Waals surface area contributed by atoms with Gasteiger partial charge in [0.15, 0.2) is 0 Å². The van der Waals surface area contributed by atoms with Gasteiger partial charge in [-0.2, -0.15) is 0 Å². The molecule has 0 atom stereocenters. The summed E-state index contributed by atoms with van der Waals surface area (Å²) < 4.78 is 0. The first-order valence-electron chi connectivity index (χ1n) is 12.2. The molecule has 0 fully saturated rings. The molecule has 4 heteroatoms. The van der Waals surface area contributed by atoms with Crippen LogP contribution in [0.1, 0.15) is 89.2 Å². The summed E-state index contributed by atoms with van der Waals surface area (Å²) >= 11 is 0. The molecule has 0 radical (unpaired) electrons. The van der Waals surface area contributed by atoms with Crippen LogP contribution in [0.25, 0.3) is 0 Å². The van der Waals surface area contributed by atoms with Gasteiger partial charge >= 0.3 is 0 Å². The predicted octanol–water partition coefficient (Wildman–Crippen LogP) is 7.32. The highest BCUT2D eigenvalue weighted by molar-refractivity contribution is 6.01. The summed E-state index contributed by atoms with van der Waals surface area (Å²) in [6.07, 6.45) is 12.5. The van der Waals surface area contributed by atoms with Gasteiger partial charge in [0.05, 0.1) is 0 Å². The lowest BCUT2D eigenvalue weighted by atomic mass is 10.1. The molecule has 2 aromatic rings. The van der Waals surface area contributed by atoms with Gasteiger partial charge in [-0.05, 0) is 51.0 Å². The Bertz CT molecular complexity index is 787. The van der Waals surface area contributed by atoms with Crippen LogP contribution in [-0.4, -0.2) is 34.7 Å². The van der Waals surface area contributed by atoms with Gasteiger partial charge in [0.25, 0.3) is 0 Å². The Balaban J connectivity index is 1.42. The normalized spacial score (nSPS) is 12.3. The number of rotatable bonds is 15. The molecular formula is C28H40N2O2. The first-order chi connectivity index (χ1) is 15.6. The van der Waals surface area contributed by atoms with Crippen molar-refractivity contribution in [3.63, 3.8) is 0 Å². The number of hydrogen-bond donors (Lipinski definition) is 2. The molecule has 4 nitrogen and oxygen atoms in total. The summed E-state index contributed by atoms with van der Waals surface area (Å²) in [6, 6.07) is 14.8. The summed E-state index contributed by atoms with van der Waals surface area (Å²) in [5.41, 5.74) is 3.51. The zero-order valence-electron chi connectivity index (χ0n) is 19.9. The van der Waals surface area contributed by atoms with Crippen molar-refractivity contribution in [2.75, 3.05) is 13.1 Å². The number of phenols is 2. The smallest absolute Gasteiger partial charge is 0.124 e. The molecule has 32 heavy (non-hydrogen) atoms. The van der Waals surface area contributed by atoms with Crippen molar-refractivity contribution in [2.45, 2.75) is 78.1 Å². The van der Waals surface area contributed by atoms with E-state index < -0.39 is 0 Å². The third-order valence-corrected chi connectivity index (χ3v) is 5.85. The van der Waals surface area contributed by atoms with Crippen LogP contribution in [0.4, 0.5) is 0 Å². The lowest BCUT2D eigenvalue weighted by Crippen LogP contribution is -1.97. The van der Waals surface area contributed by atoms with E-state index in [-0.39, 0.29) is 0 Å². The molecule has 2 N–H and O–H groups in total. The summed E-state index contributed by atoms with van der Waals surface area (Å²) in [7, 11) is 0. The van der Waals surface area contributed by atoms with Gasteiger partial charge in [-0.15, -0.1) is 0 Å². The number of unbranched alkanes of at least 4 members (excludes halogenated alkanes) is 9. The molecule has 0 heterocycles. The van der Waals surface area contributed by atoms with Crippen molar-refractivity contribution >= 4 is 11.4 Å². The standard InChI is InChI=1S/C28H40N2O2/c1-23(25-17-11-13-19-27(25)31)29-21-15-9-7-5-3-4-6-8-10-16-22-30-24(2)26-18-12-14-20-28(26)32/h11-14,17-20,31-32H,3-10,15-16,21-22H2,1-2H3. The number of phenolic OH excluding ortho intramolecular Hbond substituents is 2. The lowest BCUT2D eigenvalue weighted by Gasteiger charge is -2.05. The molecule has 2 rings (SSSR count). The number of hydrogen-bond acceptors (Lipinski definition) is 4. The molecule has 174 valence electrons. The highest BCUT2D eigenvalue weighted by atomic mass is 16.3. The van der Waals surface area contributed by atoms with E-state index in [9.17, 15) is 10.2 Å². The number of para-hydroxylation sites is 2. The molecule has 0 aliphatic rings. The zero-order valence-corrected chi connectivity index (χ0v) is 19.9. The van der Waals surface area contributed by atoms with E-state index in [1.165, 1.54) is 51.4 Å². The van der Waals surface area contributed by atoms with Crippen LogP contribution in [0.3, 0.4) is 0 Å². The highest BCUT2D eigenvalue weighted by Gasteiger charge is 2.03. The van der Waals surface area contributed by atoms with Crippen LogP contribution in [0, 0.1) is 0 Å². The SMILES string of the molecule is CC(=NCCCCCCCCCCCCN=C(C)c1ccccc1O)c1ccccc1O. The quantitative estimate of drug-likeness (QED) is 0.227. The van der Waals surface area contributed by atoms with Gasteiger partial charge in [0.1, 0.15) is 11.5 Å². The first kappa shape index (κ1) is 25.6. The minimum absolute atomic E-state index is 0.309. The van der Waals surface area contributed by atoms with Crippen LogP contribution in [0.2, 0.25) is 0 Å². The van der Waals surface area contributed by atoms with Gasteiger partial charge in [-0.25, -0.2) is 0 Å². The largest absolute Gasteiger partial charge is 0.507 e. The van der Waals surface area contributed by atoms with Crippen molar-refractivity contribution in [1.82, 2.24) is 0 Å². The minimum atomic E-state index is 0.309. The Labute approximate surface area is 194 Å². The van der Waals surface area contributed by atoms with Crippen LogP contribution in [0.15, 0.2) is 58.5 Å². The maximum absolute atomic E-state index is 9.86. The molecule has 0 aromatic heterocycles. The fourth-order valence-electron chi connectivity index (χ4n) is 3.86. The second kappa shape index (κ2) is 15.2. The molecular weight excluding hydrogens is 396 g/mol. The Morgan fingerprint density at radius 2 is 0.844 bits per heavy atom. The maximum atomic E-state index is 9.86. The number of aliphatic imine (C=N–C) groups is 2. The minimum Gasteiger partial charge on any atom is -0.507 e. The highest BCUT2D eigenvalue weighted by Crippen LogP contribution is 2.18. The summed E-state index contributed by atoms with van der Waals surface area (Å²) in [4.78, 5) is 9.21. The van der Waals surface area contributed by atoms with E-state index in [1.807, 2.05) is 50.2 Å². The summed E-state index contributed by atoms with van der Waals surface area (Å²) in [6.45, 7) is 5.62. The van der Waals surface area contributed by atoms with Crippen molar-refractivity contribution < 1.29 is 10.2 Å². The lowest BCUT2D eigenvalue weighted by molar-refractivity contribution is 0.473. The predicted molar refractivity (Wildman–Crippen MR) is 137 cm³/mol. The van der Waals surface area contributed by atoms with Crippen LogP contribution >= 0.6 is 0 Å². The Hall–Kier alpha value is -2.62. The van der Waals surface area contributed by atoms with Crippen LogP contribution in [0.5, 0.6) is 11.5 Å². The monoisotopic (exact) mass is 436 g/mol. The van der Waals surface area contributed by atoms with Crippen molar-refractivity contribution in [2.24, 2.45) is 9.98 Å². The molecule has 0 aliphatic carbocycles. The number of aromatic hydroxyl groups is 2. The Kier molecular flexibility index (Phi) is 12.2. The molecule has 2 aromatic carbocycles. The molecule has 0 amide bonds. The third-order valence-electron chi connectivity index (χ3n) is 5.85. The van der Waals surface area contributed by atoms with Gasteiger partial charge in [0, 0.05) is 35.6 Å². The van der Waals surface area contributed by atoms with E-state index in [0.29, 0.717) is 11.5 Å². The topological polar surface area (TPSA) is 65.2 Å². The van der Waals surface area contributed by atoms with Crippen LogP contribution in [-0.2, 0) is 0 Å². The van der Waals surface area contributed by atoms with Gasteiger partial charge < -0.3 is 10.2 Å². The molecule has 0 aliphatic heterocycles. The van der Waals surface area contributed by atoms with Gasteiger partial charge in [-0.1, -0.05) is 75.6 Å². The van der Waals surface area contributed by atoms with E-state index in [2.05, 4.69) is 9.98 Å². The molecule has 0 spiro atoms.